The van der Waals surface area contributed by atoms with Crippen molar-refractivity contribution in [3.63, 3.8) is 0 Å². The smallest absolute Gasteiger partial charge is 0.0862 e. The molecule has 3 heteroatoms. The van der Waals surface area contributed by atoms with E-state index in [0.717, 1.165) is 19.3 Å². The second-order valence-corrected chi connectivity index (χ2v) is 10.9. The Morgan fingerprint density at radius 3 is 1.85 bits per heavy atom. The molecule has 0 aliphatic rings. The zero-order valence-electron chi connectivity index (χ0n) is 25.4. The predicted octanol–water partition coefficient (Wildman–Crippen LogP) is 9.07. The van der Waals surface area contributed by atoms with E-state index in [1.165, 1.54) is 50.1 Å². The molecule has 0 saturated heterocycles. The first-order valence-corrected chi connectivity index (χ1v) is 14.6. The average Bonchev–Trinajstić information content (AvgIpc) is 2.94. The van der Waals surface area contributed by atoms with Gasteiger partial charge in [-0.15, -0.1) is 0 Å². The van der Waals surface area contributed by atoms with Crippen LogP contribution in [0.2, 0.25) is 0 Å². The molecule has 3 aromatic rings. The molecule has 0 atom stereocenters. The highest BCUT2D eigenvalue weighted by Gasteiger charge is 2.32. The summed E-state index contributed by atoms with van der Waals surface area (Å²) in [6, 6.07) is 20.5. The monoisotopic (exact) mass is 528 g/mol. The molecule has 39 heavy (non-hydrogen) atoms. The van der Waals surface area contributed by atoms with Crippen LogP contribution >= 0.6 is 0 Å². The fourth-order valence-corrected chi connectivity index (χ4v) is 5.90. The van der Waals surface area contributed by atoms with Crippen molar-refractivity contribution in [2.75, 3.05) is 13.7 Å². The Morgan fingerprint density at radius 1 is 0.744 bits per heavy atom. The summed E-state index contributed by atoms with van der Waals surface area (Å²) in [5.41, 5.74) is 10.8. The maximum absolute atomic E-state index is 10.7. The summed E-state index contributed by atoms with van der Waals surface area (Å²) < 4.78 is 0. The lowest BCUT2D eigenvalue weighted by molar-refractivity contribution is -0.271. The quantitative estimate of drug-likeness (QED) is 0.137. The topological polar surface area (TPSA) is 38.7 Å². The third kappa shape index (κ3) is 6.90. The molecule has 0 amide bonds. The summed E-state index contributed by atoms with van der Waals surface area (Å²) in [4.78, 5) is 9.74. The van der Waals surface area contributed by atoms with Gasteiger partial charge in [-0.1, -0.05) is 94.4 Å². The van der Waals surface area contributed by atoms with Crippen molar-refractivity contribution >= 4 is 6.08 Å². The van der Waals surface area contributed by atoms with Gasteiger partial charge in [-0.25, -0.2) is 9.78 Å². The normalized spacial score (nSPS) is 12.4. The summed E-state index contributed by atoms with van der Waals surface area (Å²) in [6.45, 7) is 15.9. The Hall–Kier alpha value is -2.72. The Bertz CT molecular complexity index is 1220. The van der Waals surface area contributed by atoms with Gasteiger partial charge in [-0.3, -0.25) is 0 Å². The van der Waals surface area contributed by atoms with E-state index in [1.54, 1.807) is 7.11 Å². The Balaban J connectivity index is 1.97. The molecular formula is C36H48O3. The molecule has 0 aromatic heterocycles. The Kier molecular flexibility index (Phi) is 10.7. The second kappa shape index (κ2) is 13.6. The van der Waals surface area contributed by atoms with Gasteiger partial charge in [0.25, 0.3) is 0 Å². The van der Waals surface area contributed by atoms with Crippen LogP contribution < -0.4 is 0 Å². The van der Waals surface area contributed by atoms with Gasteiger partial charge in [0.15, 0.2) is 0 Å². The number of aryl methyl sites for hydroxylation is 3. The van der Waals surface area contributed by atoms with Crippen LogP contribution in [0.3, 0.4) is 0 Å². The molecule has 0 radical (unpaired) electrons. The van der Waals surface area contributed by atoms with Crippen LogP contribution in [0, 0.1) is 20.8 Å². The van der Waals surface area contributed by atoms with Gasteiger partial charge in [0.1, 0.15) is 0 Å². The first-order valence-electron chi connectivity index (χ1n) is 14.6. The van der Waals surface area contributed by atoms with Crippen LogP contribution in [-0.2, 0) is 21.6 Å². The zero-order chi connectivity index (χ0) is 28.6. The summed E-state index contributed by atoms with van der Waals surface area (Å²) >= 11 is 0. The maximum atomic E-state index is 10.7. The molecule has 0 bridgehead atoms. The SMILES string of the molecule is CCC(O)(/C=C/c1ccc(C(CC)(CC)c2cc(C)c(-c3ccc(CCOOC)cc3)c(C)c2)cc1C)CC. The fraction of sp³-hybridized carbons (Fsp3) is 0.444. The van der Waals surface area contributed by atoms with Gasteiger partial charge in [-0.05, 0) is 103 Å². The predicted molar refractivity (Wildman–Crippen MR) is 165 cm³/mol. The third-order valence-corrected chi connectivity index (χ3v) is 8.75. The van der Waals surface area contributed by atoms with Crippen LogP contribution in [0.5, 0.6) is 0 Å². The molecule has 3 rings (SSSR count). The van der Waals surface area contributed by atoms with Crippen LogP contribution in [-0.4, -0.2) is 24.4 Å². The van der Waals surface area contributed by atoms with Crippen molar-refractivity contribution in [1.29, 1.82) is 0 Å². The van der Waals surface area contributed by atoms with Gasteiger partial charge < -0.3 is 5.11 Å². The highest BCUT2D eigenvalue weighted by molar-refractivity contribution is 5.72. The van der Waals surface area contributed by atoms with Crippen LogP contribution in [0.25, 0.3) is 17.2 Å². The van der Waals surface area contributed by atoms with E-state index in [-0.39, 0.29) is 5.41 Å². The number of aliphatic hydroxyl groups is 1. The molecule has 0 unspecified atom stereocenters. The van der Waals surface area contributed by atoms with Gasteiger partial charge in [0.05, 0.1) is 19.3 Å². The summed E-state index contributed by atoms with van der Waals surface area (Å²) in [6.07, 6.45) is 8.37. The van der Waals surface area contributed by atoms with E-state index in [4.69, 9.17) is 9.78 Å². The maximum Gasteiger partial charge on any atom is 0.0862 e. The Labute approximate surface area is 236 Å². The summed E-state index contributed by atoms with van der Waals surface area (Å²) in [5.74, 6) is 0. The fourth-order valence-electron chi connectivity index (χ4n) is 5.90. The number of benzene rings is 3. The molecule has 0 spiro atoms. The molecule has 0 aliphatic heterocycles. The van der Waals surface area contributed by atoms with E-state index in [0.29, 0.717) is 19.4 Å². The molecule has 0 aliphatic carbocycles. The van der Waals surface area contributed by atoms with Crippen molar-refractivity contribution in [3.8, 4) is 11.1 Å². The molecule has 3 aromatic carbocycles. The van der Waals surface area contributed by atoms with Crippen LogP contribution in [0.4, 0.5) is 0 Å². The molecular weight excluding hydrogens is 480 g/mol. The Morgan fingerprint density at radius 2 is 1.33 bits per heavy atom. The minimum Gasteiger partial charge on any atom is -0.386 e. The lowest BCUT2D eigenvalue weighted by Gasteiger charge is -2.35. The molecule has 0 saturated carbocycles. The summed E-state index contributed by atoms with van der Waals surface area (Å²) in [7, 11) is 1.54. The first-order chi connectivity index (χ1) is 18.7. The van der Waals surface area contributed by atoms with Gasteiger partial charge in [-0.2, -0.15) is 0 Å². The number of rotatable bonds is 13. The largest absolute Gasteiger partial charge is 0.386 e. The minimum absolute atomic E-state index is 0.0557. The summed E-state index contributed by atoms with van der Waals surface area (Å²) in [5, 5.41) is 10.7. The van der Waals surface area contributed by atoms with Gasteiger partial charge in [0, 0.05) is 5.41 Å². The van der Waals surface area contributed by atoms with Crippen LogP contribution in [0.15, 0.2) is 60.7 Å². The average molecular weight is 529 g/mol. The van der Waals surface area contributed by atoms with E-state index < -0.39 is 5.60 Å². The molecule has 0 heterocycles. The lowest BCUT2D eigenvalue weighted by atomic mass is 9.69. The molecule has 3 nitrogen and oxygen atoms in total. The molecule has 210 valence electrons. The van der Waals surface area contributed by atoms with Crippen molar-refractivity contribution in [2.45, 2.75) is 91.6 Å². The van der Waals surface area contributed by atoms with Gasteiger partial charge >= 0.3 is 0 Å². The lowest BCUT2D eigenvalue weighted by Crippen LogP contribution is -2.26. The van der Waals surface area contributed by atoms with Crippen molar-refractivity contribution < 1.29 is 14.9 Å². The van der Waals surface area contributed by atoms with Crippen molar-refractivity contribution in [2.24, 2.45) is 0 Å². The van der Waals surface area contributed by atoms with Crippen LogP contribution in [0.1, 0.15) is 92.3 Å². The highest BCUT2D eigenvalue weighted by Crippen LogP contribution is 2.42. The number of hydrogen-bond acceptors (Lipinski definition) is 3. The molecule has 1 N–H and O–H groups in total. The standard InChI is InChI=1S/C36H48O3/c1-9-35(37,10-2)21-19-30-17-18-32(23-26(30)5)36(11-3,12-4)33-24-27(6)34(28(7)25-33)31-15-13-29(14-16-31)20-22-39-38-8/h13-19,21,23-25,37H,9-12,20,22H2,1-8H3/b21-19+. The van der Waals surface area contributed by atoms with Gasteiger partial charge in [0.2, 0.25) is 0 Å². The zero-order valence-corrected chi connectivity index (χ0v) is 25.4. The van der Waals surface area contributed by atoms with E-state index in [9.17, 15) is 5.11 Å². The van der Waals surface area contributed by atoms with Crippen molar-refractivity contribution in [1.82, 2.24) is 0 Å². The number of hydrogen-bond donors (Lipinski definition) is 1. The minimum atomic E-state index is -0.739. The van der Waals surface area contributed by atoms with E-state index >= 15 is 0 Å². The van der Waals surface area contributed by atoms with Crippen molar-refractivity contribution in [3.05, 3.63) is 99.6 Å². The molecule has 0 fully saturated rings. The first kappa shape index (κ1) is 30.8. The van der Waals surface area contributed by atoms with E-state index in [1.807, 2.05) is 19.9 Å². The second-order valence-electron chi connectivity index (χ2n) is 10.9. The van der Waals surface area contributed by atoms with E-state index in [2.05, 4.69) is 95.3 Å². The highest BCUT2D eigenvalue weighted by atomic mass is 17.2. The third-order valence-electron chi connectivity index (χ3n) is 8.75.